The number of carbonyl (C=O) groups is 1. The number of hydrogen-bond donors (Lipinski definition) is 2. The fourth-order valence-electron chi connectivity index (χ4n) is 2.93. The SMILES string of the molecule is CCc1cccc(C)c1NC(=O)NC(C)(C)c1ccc(OC)c(OC)c1. The molecule has 0 aliphatic carbocycles. The van der Waals surface area contributed by atoms with Gasteiger partial charge >= 0.3 is 6.03 Å². The van der Waals surface area contributed by atoms with Gasteiger partial charge in [-0.25, -0.2) is 4.79 Å². The molecule has 0 bridgehead atoms. The van der Waals surface area contributed by atoms with Gasteiger partial charge in [0.15, 0.2) is 11.5 Å². The molecule has 0 fully saturated rings. The molecule has 0 saturated heterocycles. The van der Waals surface area contributed by atoms with Gasteiger partial charge in [-0.15, -0.1) is 0 Å². The highest BCUT2D eigenvalue weighted by Gasteiger charge is 2.25. The van der Waals surface area contributed by atoms with Crippen LogP contribution in [-0.4, -0.2) is 20.3 Å². The third-order valence-electron chi connectivity index (χ3n) is 4.51. The van der Waals surface area contributed by atoms with Gasteiger partial charge in [0.1, 0.15) is 0 Å². The quantitative estimate of drug-likeness (QED) is 0.793. The van der Waals surface area contributed by atoms with Crippen molar-refractivity contribution < 1.29 is 14.3 Å². The summed E-state index contributed by atoms with van der Waals surface area (Å²) in [5, 5.41) is 6.04. The second-order valence-electron chi connectivity index (χ2n) is 6.74. The van der Waals surface area contributed by atoms with E-state index in [4.69, 9.17) is 9.47 Å². The van der Waals surface area contributed by atoms with Crippen LogP contribution in [0.3, 0.4) is 0 Å². The van der Waals surface area contributed by atoms with Gasteiger partial charge in [0.05, 0.1) is 19.8 Å². The smallest absolute Gasteiger partial charge is 0.319 e. The molecule has 5 nitrogen and oxygen atoms in total. The zero-order chi connectivity index (χ0) is 19.3. The van der Waals surface area contributed by atoms with Gasteiger partial charge in [0, 0.05) is 5.69 Å². The minimum atomic E-state index is -0.585. The summed E-state index contributed by atoms with van der Waals surface area (Å²) in [6.07, 6.45) is 0.858. The van der Waals surface area contributed by atoms with Crippen LogP contribution < -0.4 is 20.1 Å². The molecule has 2 rings (SSSR count). The number of anilines is 1. The van der Waals surface area contributed by atoms with E-state index in [1.165, 1.54) is 0 Å². The molecule has 0 aliphatic rings. The largest absolute Gasteiger partial charge is 0.493 e. The third kappa shape index (κ3) is 4.28. The van der Waals surface area contributed by atoms with Crippen molar-refractivity contribution >= 4 is 11.7 Å². The average molecular weight is 356 g/mol. The number of rotatable bonds is 6. The Hall–Kier alpha value is -2.69. The lowest BCUT2D eigenvalue weighted by atomic mass is 9.94. The Balaban J connectivity index is 2.20. The minimum absolute atomic E-state index is 0.242. The van der Waals surface area contributed by atoms with Crippen molar-refractivity contribution in [1.29, 1.82) is 0 Å². The van der Waals surface area contributed by atoms with Gasteiger partial charge in [-0.1, -0.05) is 31.2 Å². The van der Waals surface area contributed by atoms with Crippen LogP contribution in [0.1, 0.15) is 37.5 Å². The van der Waals surface area contributed by atoms with Gasteiger partial charge in [0.2, 0.25) is 0 Å². The molecule has 0 unspecified atom stereocenters. The Morgan fingerprint density at radius 3 is 2.38 bits per heavy atom. The summed E-state index contributed by atoms with van der Waals surface area (Å²) < 4.78 is 10.6. The van der Waals surface area contributed by atoms with E-state index >= 15 is 0 Å². The molecular weight excluding hydrogens is 328 g/mol. The van der Waals surface area contributed by atoms with Gasteiger partial charge in [-0.2, -0.15) is 0 Å². The molecule has 0 spiro atoms. The van der Waals surface area contributed by atoms with Crippen LogP contribution in [0.4, 0.5) is 10.5 Å². The number of benzene rings is 2. The molecule has 140 valence electrons. The number of aryl methyl sites for hydroxylation is 2. The van der Waals surface area contributed by atoms with Crippen molar-refractivity contribution in [3.63, 3.8) is 0 Å². The summed E-state index contributed by atoms with van der Waals surface area (Å²) in [6, 6.07) is 11.4. The first kappa shape index (κ1) is 19.6. The maximum atomic E-state index is 12.6. The fraction of sp³-hybridized carbons (Fsp3) is 0.381. The predicted molar refractivity (Wildman–Crippen MR) is 105 cm³/mol. The molecular formula is C21H28N2O3. The number of amides is 2. The van der Waals surface area contributed by atoms with E-state index in [1.54, 1.807) is 14.2 Å². The highest BCUT2D eigenvalue weighted by molar-refractivity contribution is 5.91. The van der Waals surface area contributed by atoms with Gasteiger partial charge in [0.25, 0.3) is 0 Å². The predicted octanol–water partition coefficient (Wildman–Crippen LogP) is 4.63. The third-order valence-corrected chi connectivity index (χ3v) is 4.51. The molecule has 0 saturated carbocycles. The Morgan fingerprint density at radius 1 is 1.08 bits per heavy atom. The summed E-state index contributed by atoms with van der Waals surface area (Å²) in [4.78, 5) is 12.6. The zero-order valence-electron chi connectivity index (χ0n) is 16.4. The normalized spacial score (nSPS) is 11.0. The lowest BCUT2D eigenvalue weighted by Crippen LogP contribution is -2.43. The maximum Gasteiger partial charge on any atom is 0.319 e. The molecule has 0 atom stereocenters. The first-order chi connectivity index (χ1) is 12.3. The van der Waals surface area contributed by atoms with Crippen molar-refractivity contribution in [2.45, 2.75) is 39.7 Å². The minimum Gasteiger partial charge on any atom is -0.493 e. The molecule has 2 amide bonds. The standard InChI is InChI=1S/C21H28N2O3/c1-7-15-10-8-9-14(2)19(15)22-20(24)23-21(3,4)16-11-12-17(25-5)18(13-16)26-6/h8-13H,7H2,1-6H3,(H2,22,23,24). The number of hydrogen-bond acceptors (Lipinski definition) is 3. The topological polar surface area (TPSA) is 59.6 Å². The monoisotopic (exact) mass is 356 g/mol. The van der Waals surface area contributed by atoms with E-state index in [-0.39, 0.29) is 6.03 Å². The lowest BCUT2D eigenvalue weighted by Gasteiger charge is -2.28. The van der Waals surface area contributed by atoms with Crippen LogP contribution in [0.25, 0.3) is 0 Å². The summed E-state index contributed by atoms with van der Waals surface area (Å²) in [7, 11) is 3.20. The summed E-state index contributed by atoms with van der Waals surface area (Å²) in [5.74, 6) is 1.29. The number of methoxy groups -OCH3 is 2. The summed E-state index contributed by atoms with van der Waals surface area (Å²) in [5.41, 5.74) is 3.37. The molecule has 0 aromatic heterocycles. The second kappa shape index (κ2) is 8.13. The van der Waals surface area contributed by atoms with E-state index in [2.05, 4.69) is 17.6 Å². The highest BCUT2D eigenvalue weighted by atomic mass is 16.5. The van der Waals surface area contributed by atoms with Crippen LogP contribution in [0.15, 0.2) is 36.4 Å². The molecule has 0 heterocycles. The number of nitrogens with one attached hydrogen (secondary N) is 2. The number of urea groups is 1. The lowest BCUT2D eigenvalue weighted by molar-refractivity contribution is 0.241. The molecule has 2 aromatic rings. The molecule has 5 heteroatoms. The Bertz CT molecular complexity index is 785. The van der Waals surface area contributed by atoms with Crippen molar-refractivity contribution in [3.8, 4) is 11.5 Å². The second-order valence-corrected chi connectivity index (χ2v) is 6.74. The Kier molecular flexibility index (Phi) is 6.14. The Labute approximate surface area is 155 Å². The van der Waals surface area contributed by atoms with Crippen molar-refractivity contribution in [1.82, 2.24) is 5.32 Å². The molecule has 26 heavy (non-hydrogen) atoms. The van der Waals surface area contributed by atoms with E-state index in [0.29, 0.717) is 11.5 Å². The molecule has 2 N–H and O–H groups in total. The molecule has 2 aromatic carbocycles. The molecule has 0 radical (unpaired) electrons. The summed E-state index contributed by atoms with van der Waals surface area (Å²) >= 11 is 0. The van der Waals surface area contributed by atoms with Crippen LogP contribution in [0.5, 0.6) is 11.5 Å². The maximum absolute atomic E-state index is 12.6. The van der Waals surface area contributed by atoms with Gasteiger partial charge < -0.3 is 20.1 Å². The van der Waals surface area contributed by atoms with Crippen LogP contribution in [0.2, 0.25) is 0 Å². The average Bonchev–Trinajstić information content (AvgIpc) is 2.62. The van der Waals surface area contributed by atoms with Gasteiger partial charge in [-0.3, -0.25) is 0 Å². The number of para-hydroxylation sites is 1. The van der Waals surface area contributed by atoms with Crippen LogP contribution in [0, 0.1) is 6.92 Å². The first-order valence-electron chi connectivity index (χ1n) is 8.72. The van der Waals surface area contributed by atoms with Crippen LogP contribution >= 0.6 is 0 Å². The Morgan fingerprint density at radius 2 is 1.77 bits per heavy atom. The van der Waals surface area contributed by atoms with Crippen LogP contribution in [-0.2, 0) is 12.0 Å². The highest BCUT2D eigenvalue weighted by Crippen LogP contribution is 2.32. The molecule has 0 aliphatic heterocycles. The van der Waals surface area contributed by atoms with E-state index in [1.807, 2.05) is 57.2 Å². The van der Waals surface area contributed by atoms with E-state index in [9.17, 15) is 4.79 Å². The van der Waals surface area contributed by atoms with E-state index < -0.39 is 5.54 Å². The summed E-state index contributed by atoms with van der Waals surface area (Å²) in [6.45, 7) is 7.97. The van der Waals surface area contributed by atoms with Crippen molar-refractivity contribution in [3.05, 3.63) is 53.1 Å². The van der Waals surface area contributed by atoms with Crippen molar-refractivity contribution in [2.75, 3.05) is 19.5 Å². The van der Waals surface area contributed by atoms with E-state index in [0.717, 1.165) is 28.8 Å². The first-order valence-corrected chi connectivity index (χ1v) is 8.72. The van der Waals surface area contributed by atoms with Gasteiger partial charge in [-0.05, 0) is 56.0 Å². The number of carbonyl (C=O) groups excluding carboxylic acids is 1. The number of ether oxygens (including phenoxy) is 2. The fourth-order valence-corrected chi connectivity index (χ4v) is 2.93. The zero-order valence-corrected chi connectivity index (χ0v) is 16.4. The van der Waals surface area contributed by atoms with Crippen molar-refractivity contribution in [2.24, 2.45) is 0 Å².